The molecule has 0 amide bonds. The molecule has 5 rings (SSSR count). The highest BCUT2D eigenvalue weighted by Gasteiger charge is 2.31. The average Bonchev–Trinajstić information content (AvgIpc) is 3.29. The van der Waals surface area contributed by atoms with Gasteiger partial charge < -0.3 is 10.2 Å². The number of hydrogen-bond donors (Lipinski definition) is 1. The van der Waals surface area contributed by atoms with Crippen LogP contribution >= 0.6 is 0 Å². The second-order valence-electron chi connectivity index (χ2n) is 9.78. The number of pyridine rings is 1. The molecular formula is C26H31N7O2S. The normalized spacial score (nSPS) is 14.4. The van der Waals surface area contributed by atoms with E-state index in [9.17, 15) is 8.42 Å². The lowest BCUT2D eigenvalue weighted by Crippen LogP contribution is -2.49. The zero-order valence-corrected chi connectivity index (χ0v) is 21.8. The summed E-state index contributed by atoms with van der Waals surface area (Å²) in [5.41, 5.74) is 3.20. The van der Waals surface area contributed by atoms with Gasteiger partial charge in [-0.1, -0.05) is 19.9 Å². The van der Waals surface area contributed by atoms with Crippen molar-refractivity contribution in [1.29, 1.82) is 0 Å². The number of nitrogens with one attached hydrogen (secondary N) is 1. The van der Waals surface area contributed by atoms with Crippen LogP contribution in [0.15, 0.2) is 49.1 Å². The third-order valence-electron chi connectivity index (χ3n) is 6.50. The molecule has 0 radical (unpaired) electrons. The van der Waals surface area contributed by atoms with E-state index < -0.39 is 9.84 Å². The van der Waals surface area contributed by atoms with Crippen LogP contribution in [0.2, 0.25) is 0 Å². The largest absolute Gasteiger partial charge is 0.370 e. The van der Waals surface area contributed by atoms with Crippen LogP contribution in [0.4, 0.5) is 17.3 Å². The summed E-state index contributed by atoms with van der Waals surface area (Å²) in [4.78, 5) is 16.0. The molecule has 1 fully saturated rings. The maximum atomic E-state index is 11.7. The van der Waals surface area contributed by atoms with E-state index in [2.05, 4.69) is 57.3 Å². The van der Waals surface area contributed by atoms with Crippen LogP contribution in [0, 0.1) is 5.92 Å². The first-order chi connectivity index (χ1) is 17.2. The number of aromatic nitrogens is 5. The van der Waals surface area contributed by atoms with E-state index in [4.69, 9.17) is 4.98 Å². The smallest absolute Gasteiger partial charge is 0.164 e. The van der Waals surface area contributed by atoms with Gasteiger partial charge in [-0.25, -0.2) is 23.4 Å². The van der Waals surface area contributed by atoms with Gasteiger partial charge in [-0.2, -0.15) is 5.10 Å². The van der Waals surface area contributed by atoms with E-state index in [1.165, 1.54) is 11.8 Å². The zero-order chi connectivity index (χ0) is 25.4. The lowest BCUT2D eigenvalue weighted by molar-refractivity contribution is 0.445. The molecule has 0 atom stereocenters. The van der Waals surface area contributed by atoms with Gasteiger partial charge in [0.15, 0.2) is 5.82 Å². The van der Waals surface area contributed by atoms with Gasteiger partial charge in [-0.3, -0.25) is 4.68 Å². The van der Waals surface area contributed by atoms with Gasteiger partial charge in [0.2, 0.25) is 0 Å². The first-order valence-electron chi connectivity index (χ1n) is 12.2. The lowest BCUT2D eigenvalue weighted by atomic mass is 9.93. The Morgan fingerprint density at radius 2 is 1.89 bits per heavy atom. The van der Waals surface area contributed by atoms with Gasteiger partial charge >= 0.3 is 0 Å². The van der Waals surface area contributed by atoms with Crippen molar-refractivity contribution in [2.24, 2.45) is 5.92 Å². The summed E-state index contributed by atoms with van der Waals surface area (Å²) in [5.74, 6) is 2.71. The van der Waals surface area contributed by atoms with Crippen LogP contribution in [0.5, 0.6) is 0 Å². The highest BCUT2D eigenvalue weighted by molar-refractivity contribution is 7.90. The van der Waals surface area contributed by atoms with Crippen LogP contribution in [0.3, 0.4) is 0 Å². The quantitative estimate of drug-likeness (QED) is 0.379. The minimum Gasteiger partial charge on any atom is -0.370 e. The highest BCUT2D eigenvalue weighted by atomic mass is 32.2. The van der Waals surface area contributed by atoms with Crippen molar-refractivity contribution in [3.8, 4) is 11.4 Å². The molecule has 4 aromatic rings. The second kappa shape index (κ2) is 9.50. The van der Waals surface area contributed by atoms with Crippen molar-refractivity contribution >= 4 is 37.9 Å². The van der Waals surface area contributed by atoms with E-state index in [0.717, 1.165) is 41.7 Å². The fourth-order valence-corrected chi connectivity index (χ4v) is 5.81. The molecule has 1 aliphatic heterocycles. The van der Waals surface area contributed by atoms with Gasteiger partial charge in [-0.05, 0) is 42.0 Å². The van der Waals surface area contributed by atoms with Crippen molar-refractivity contribution < 1.29 is 8.42 Å². The van der Waals surface area contributed by atoms with Crippen molar-refractivity contribution in [2.45, 2.75) is 33.2 Å². The van der Waals surface area contributed by atoms with Crippen molar-refractivity contribution in [3.63, 3.8) is 0 Å². The maximum absolute atomic E-state index is 11.7. The number of sulfone groups is 1. The Balaban J connectivity index is 1.43. The van der Waals surface area contributed by atoms with Gasteiger partial charge in [0.25, 0.3) is 0 Å². The predicted octanol–water partition coefficient (Wildman–Crippen LogP) is 4.26. The Morgan fingerprint density at radius 3 is 2.58 bits per heavy atom. The summed E-state index contributed by atoms with van der Waals surface area (Å²) in [6.07, 6.45) is 8.63. The Morgan fingerprint density at radius 1 is 1.08 bits per heavy atom. The minimum atomic E-state index is -2.97. The number of rotatable bonds is 8. The Hall–Kier alpha value is -3.53. The van der Waals surface area contributed by atoms with Gasteiger partial charge in [-0.15, -0.1) is 0 Å². The zero-order valence-electron chi connectivity index (χ0n) is 21.0. The standard InChI is InChI=1S/C26H31N7O2S/c1-5-33-15-19(11-29-33)26-27-9-8-24(31-26)30-25-10-21-20(17(2)3)6-7-23(22(21)12-28-25)32-13-18(14-32)16-36(4,34)35/h6-12,15,17-18H,5,13-14,16H2,1-4H3,(H,27,28,30,31). The third-order valence-corrected chi connectivity index (χ3v) is 7.57. The molecule has 9 nitrogen and oxygen atoms in total. The summed E-state index contributed by atoms with van der Waals surface area (Å²) in [5, 5.41) is 9.84. The average molecular weight is 506 g/mol. The molecule has 1 aromatic carbocycles. The van der Waals surface area contributed by atoms with Gasteiger partial charge in [0.1, 0.15) is 21.5 Å². The molecule has 10 heteroatoms. The van der Waals surface area contributed by atoms with Crippen molar-refractivity contribution in [1.82, 2.24) is 24.7 Å². The summed E-state index contributed by atoms with van der Waals surface area (Å²) in [6, 6.07) is 8.20. The van der Waals surface area contributed by atoms with Gasteiger partial charge in [0.05, 0.1) is 17.5 Å². The number of nitrogens with zero attached hydrogens (tertiary/aromatic N) is 6. The number of benzene rings is 1. The minimum absolute atomic E-state index is 0.171. The van der Waals surface area contributed by atoms with E-state index in [-0.39, 0.29) is 11.7 Å². The molecule has 0 aliphatic carbocycles. The molecular weight excluding hydrogens is 474 g/mol. The lowest BCUT2D eigenvalue weighted by Gasteiger charge is -2.41. The fraction of sp³-hybridized carbons (Fsp3) is 0.385. The Bertz CT molecular complexity index is 1510. The van der Waals surface area contributed by atoms with Crippen molar-refractivity contribution in [2.75, 3.05) is 35.3 Å². The number of fused-ring (bicyclic) bond motifs is 1. The molecule has 4 heterocycles. The summed E-state index contributed by atoms with van der Waals surface area (Å²) < 4.78 is 25.2. The number of anilines is 3. The monoisotopic (exact) mass is 505 g/mol. The fourth-order valence-electron chi connectivity index (χ4n) is 4.74. The van der Waals surface area contributed by atoms with E-state index >= 15 is 0 Å². The molecule has 1 N–H and O–H groups in total. The maximum Gasteiger partial charge on any atom is 0.164 e. The second-order valence-corrected chi connectivity index (χ2v) is 12.0. The van der Waals surface area contributed by atoms with Crippen LogP contribution in [-0.2, 0) is 16.4 Å². The number of aryl methyl sites for hydroxylation is 1. The van der Waals surface area contributed by atoms with Crippen LogP contribution in [0.25, 0.3) is 22.2 Å². The first-order valence-corrected chi connectivity index (χ1v) is 14.2. The summed E-state index contributed by atoms with van der Waals surface area (Å²) in [7, 11) is -2.97. The molecule has 1 aliphatic rings. The topological polar surface area (TPSA) is 106 Å². The summed E-state index contributed by atoms with van der Waals surface area (Å²) >= 11 is 0. The molecule has 0 unspecified atom stereocenters. The molecule has 1 saturated heterocycles. The van der Waals surface area contributed by atoms with Crippen LogP contribution in [-0.4, -0.2) is 58.2 Å². The molecule has 36 heavy (non-hydrogen) atoms. The Kier molecular flexibility index (Phi) is 6.38. The predicted molar refractivity (Wildman–Crippen MR) is 143 cm³/mol. The van der Waals surface area contributed by atoms with E-state index in [1.807, 2.05) is 30.1 Å². The molecule has 0 bridgehead atoms. The van der Waals surface area contributed by atoms with Crippen LogP contribution in [0.1, 0.15) is 32.3 Å². The highest BCUT2D eigenvalue weighted by Crippen LogP contribution is 2.37. The molecule has 0 saturated carbocycles. The van der Waals surface area contributed by atoms with Gasteiger partial charge in [0, 0.05) is 61.5 Å². The third kappa shape index (κ3) is 5.04. The van der Waals surface area contributed by atoms with E-state index in [0.29, 0.717) is 23.4 Å². The number of hydrogen-bond acceptors (Lipinski definition) is 8. The molecule has 0 spiro atoms. The summed E-state index contributed by atoms with van der Waals surface area (Å²) in [6.45, 7) is 8.66. The SMILES string of the molecule is CCn1cc(-c2nccc(Nc3cc4c(C(C)C)ccc(N5CC(CS(C)(=O)=O)C5)c4cn3)n2)cn1. The van der Waals surface area contributed by atoms with Crippen molar-refractivity contribution in [3.05, 3.63) is 54.6 Å². The molecule has 3 aromatic heterocycles. The first kappa shape index (κ1) is 24.2. The van der Waals surface area contributed by atoms with E-state index in [1.54, 1.807) is 12.4 Å². The Labute approximate surface area is 211 Å². The van der Waals surface area contributed by atoms with Crippen LogP contribution < -0.4 is 10.2 Å². The molecule has 188 valence electrons.